The molecule has 0 saturated carbocycles. The first-order chi connectivity index (χ1) is 8.19. The van der Waals surface area contributed by atoms with Gasteiger partial charge in [0.1, 0.15) is 5.82 Å². The number of thioether (sulfide) groups is 1. The molecule has 1 aromatic heterocycles. The van der Waals surface area contributed by atoms with Gasteiger partial charge in [-0.05, 0) is 13.3 Å². The third kappa shape index (κ3) is 4.35. The van der Waals surface area contributed by atoms with Gasteiger partial charge in [0, 0.05) is 19.6 Å². The van der Waals surface area contributed by atoms with Crippen molar-refractivity contribution in [1.82, 2.24) is 20.1 Å². The number of carbonyl (C=O) groups excluding carboxylic acids is 1. The molecule has 0 spiro atoms. The summed E-state index contributed by atoms with van der Waals surface area (Å²) in [4.78, 5) is 11.4. The normalized spacial score (nSPS) is 10.5. The number of rotatable bonds is 7. The van der Waals surface area contributed by atoms with Crippen LogP contribution in [0.25, 0.3) is 0 Å². The molecule has 1 amide bonds. The SMILES string of the molecule is CCCNC(=O)CSc1nnc(C)n1CCN. The van der Waals surface area contributed by atoms with Gasteiger partial charge in [0.05, 0.1) is 5.75 Å². The van der Waals surface area contributed by atoms with E-state index in [2.05, 4.69) is 15.5 Å². The Morgan fingerprint density at radius 1 is 1.53 bits per heavy atom. The van der Waals surface area contributed by atoms with Crippen LogP contribution in [0.3, 0.4) is 0 Å². The van der Waals surface area contributed by atoms with Crippen molar-refractivity contribution in [3.63, 3.8) is 0 Å². The van der Waals surface area contributed by atoms with Crippen LogP contribution in [-0.2, 0) is 11.3 Å². The topological polar surface area (TPSA) is 85.8 Å². The van der Waals surface area contributed by atoms with Crippen LogP contribution in [0, 0.1) is 6.92 Å². The van der Waals surface area contributed by atoms with Crippen LogP contribution in [0.15, 0.2) is 5.16 Å². The van der Waals surface area contributed by atoms with Crippen molar-refractivity contribution in [3.8, 4) is 0 Å². The van der Waals surface area contributed by atoms with E-state index in [-0.39, 0.29) is 5.91 Å². The fourth-order valence-corrected chi connectivity index (χ4v) is 2.14. The highest BCUT2D eigenvalue weighted by atomic mass is 32.2. The molecule has 7 heteroatoms. The minimum Gasteiger partial charge on any atom is -0.355 e. The standard InChI is InChI=1S/C10H19N5OS/c1-3-5-12-9(16)7-17-10-14-13-8(2)15(10)6-4-11/h3-7,11H2,1-2H3,(H,12,16). The average molecular weight is 257 g/mol. The average Bonchev–Trinajstić information content (AvgIpc) is 2.66. The predicted octanol–water partition coefficient (Wildman–Crippen LogP) is 0.164. The maximum Gasteiger partial charge on any atom is 0.230 e. The molecule has 0 aliphatic rings. The zero-order valence-electron chi connectivity index (χ0n) is 10.3. The highest BCUT2D eigenvalue weighted by Gasteiger charge is 2.10. The maximum absolute atomic E-state index is 11.4. The van der Waals surface area contributed by atoms with E-state index in [1.165, 1.54) is 11.8 Å². The smallest absolute Gasteiger partial charge is 0.230 e. The summed E-state index contributed by atoms with van der Waals surface area (Å²) in [5, 5.41) is 11.6. The van der Waals surface area contributed by atoms with E-state index in [1.807, 2.05) is 18.4 Å². The van der Waals surface area contributed by atoms with Crippen LogP contribution < -0.4 is 11.1 Å². The monoisotopic (exact) mass is 257 g/mol. The number of nitrogens with one attached hydrogen (secondary N) is 1. The minimum absolute atomic E-state index is 0.0248. The molecule has 0 aliphatic carbocycles. The van der Waals surface area contributed by atoms with Crippen LogP contribution in [0.4, 0.5) is 0 Å². The molecule has 0 unspecified atom stereocenters. The molecule has 0 atom stereocenters. The van der Waals surface area contributed by atoms with Gasteiger partial charge in [-0.25, -0.2) is 0 Å². The summed E-state index contributed by atoms with van der Waals surface area (Å²) in [5.41, 5.74) is 5.51. The summed E-state index contributed by atoms with van der Waals surface area (Å²) >= 11 is 1.39. The molecule has 3 N–H and O–H groups in total. The first-order valence-electron chi connectivity index (χ1n) is 5.68. The second-order valence-electron chi connectivity index (χ2n) is 3.61. The molecule has 0 bridgehead atoms. The van der Waals surface area contributed by atoms with Gasteiger partial charge in [0.25, 0.3) is 0 Å². The zero-order valence-corrected chi connectivity index (χ0v) is 11.1. The summed E-state index contributed by atoms with van der Waals surface area (Å²) in [6.45, 7) is 5.83. The van der Waals surface area contributed by atoms with Gasteiger partial charge >= 0.3 is 0 Å². The Bertz CT molecular complexity index is 366. The lowest BCUT2D eigenvalue weighted by molar-refractivity contribution is -0.118. The molecular weight excluding hydrogens is 238 g/mol. The van der Waals surface area contributed by atoms with Crippen LogP contribution in [0.5, 0.6) is 0 Å². The Kier molecular flexibility index (Phi) is 5.99. The number of hydrogen-bond acceptors (Lipinski definition) is 5. The van der Waals surface area contributed by atoms with Crippen LogP contribution >= 0.6 is 11.8 Å². The number of nitrogens with zero attached hydrogens (tertiary/aromatic N) is 3. The van der Waals surface area contributed by atoms with Crippen LogP contribution in [0.1, 0.15) is 19.2 Å². The van der Waals surface area contributed by atoms with E-state index in [0.29, 0.717) is 25.4 Å². The van der Waals surface area contributed by atoms with Crippen molar-refractivity contribution in [2.24, 2.45) is 5.73 Å². The summed E-state index contributed by atoms with van der Waals surface area (Å²) < 4.78 is 1.93. The predicted molar refractivity (Wildman–Crippen MR) is 67.8 cm³/mol. The molecule has 1 rings (SSSR count). The molecule has 1 heterocycles. The summed E-state index contributed by atoms with van der Waals surface area (Å²) in [7, 11) is 0. The fraction of sp³-hybridized carbons (Fsp3) is 0.700. The summed E-state index contributed by atoms with van der Waals surface area (Å²) in [6.07, 6.45) is 0.943. The van der Waals surface area contributed by atoms with Gasteiger partial charge < -0.3 is 15.6 Å². The number of nitrogens with two attached hydrogens (primary N) is 1. The third-order valence-corrected chi connectivity index (χ3v) is 3.13. The van der Waals surface area contributed by atoms with E-state index in [0.717, 1.165) is 17.4 Å². The largest absolute Gasteiger partial charge is 0.355 e. The molecule has 17 heavy (non-hydrogen) atoms. The van der Waals surface area contributed by atoms with Crippen molar-refractivity contribution in [2.45, 2.75) is 32.0 Å². The van der Waals surface area contributed by atoms with Gasteiger partial charge in [-0.1, -0.05) is 18.7 Å². The van der Waals surface area contributed by atoms with Crippen molar-refractivity contribution < 1.29 is 4.79 Å². The van der Waals surface area contributed by atoms with Crippen molar-refractivity contribution in [1.29, 1.82) is 0 Å². The highest BCUT2D eigenvalue weighted by Crippen LogP contribution is 2.15. The van der Waals surface area contributed by atoms with Crippen LogP contribution in [-0.4, -0.2) is 39.5 Å². The van der Waals surface area contributed by atoms with Gasteiger partial charge in [-0.15, -0.1) is 10.2 Å². The van der Waals surface area contributed by atoms with Gasteiger partial charge in [0.15, 0.2) is 5.16 Å². The summed E-state index contributed by atoms with van der Waals surface area (Å²) in [5.74, 6) is 1.21. The number of amides is 1. The minimum atomic E-state index is 0.0248. The second kappa shape index (κ2) is 7.29. The number of aryl methyl sites for hydroxylation is 1. The van der Waals surface area contributed by atoms with E-state index in [4.69, 9.17) is 5.73 Å². The van der Waals surface area contributed by atoms with E-state index in [1.54, 1.807) is 0 Å². The number of carbonyl (C=O) groups is 1. The fourth-order valence-electron chi connectivity index (χ4n) is 1.30. The quantitative estimate of drug-likeness (QED) is 0.680. The molecule has 6 nitrogen and oxygen atoms in total. The maximum atomic E-state index is 11.4. The molecule has 1 aromatic rings. The highest BCUT2D eigenvalue weighted by molar-refractivity contribution is 7.99. The van der Waals surface area contributed by atoms with Crippen molar-refractivity contribution in [2.75, 3.05) is 18.8 Å². The Morgan fingerprint density at radius 3 is 2.94 bits per heavy atom. The van der Waals surface area contributed by atoms with Crippen LogP contribution in [0.2, 0.25) is 0 Å². The van der Waals surface area contributed by atoms with E-state index >= 15 is 0 Å². The Hall–Kier alpha value is -1.08. The first kappa shape index (κ1) is 14.0. The summed E-state index contributed by atoms with van der Waals surface area (Å²) in [6, 6.07) is 0. The molecule has 0 fully saturated rings. The Balaban J connectivity index is 2.48. The van der Waals surface area contributed by atoms with Gasteiger partial charge in [0.2, 0.25) is 5.91 Å². The molecule has 96 valence electrons. The molecular formula is C10H19N5OS. The first-order valence-corrected chi connectivity index (χ1v) is 6.67. The molecule has 0 saturated heterocycles. The van der Waals surface area contributed by atoms with Gasteiger partial charge in [-0.3, -0.25) is 4.79 Å². The third-order valence-electron chi connectivity index (χ3n) is 2.16. The van der Waals surface area contributed by atoms with Crippen molar-refractivity contribution >= 4 is 17.7 Å². The van der Waals surface area contributed by atoms with Crippen molar-refractivity contribution in [3.05, 3.63) is 5.82 Å². The van der Waals surface area contributed by atoms with E-state index < -0.39 is 0 Å². The number of hydrogen-bond donors (Lipinski definition) is 2. The Labute approximate surface area is 105 Å². The lowest BCUT2D eigenvalue weighted by atomic mass is 10.5. The number of aromatic nitrogens is 3. The zero-order chi connectivity index (χ0) is 12.7. The Morgan fingerprint density at radius 2 is 2.29 bits per heavy atom. The molecule has 0 aromatic carbocycles. The van der Waals surface area contributed by atoms with E-state index in [9.17, 15) is 4.79 Å². The molecule has 0 radical (unpaired) electrons. The lowest BCUT2D eigenvalue weighted by Crippen LogP contribution is -2.25. The lowest BCUT2D eigenvalue weighted by Gasteiger charge is -2.06. The second-order valence-corrected chi connectivity index (χ2v) is 4.55. The molecule has 0 aliphatic heterocycles. The van der Waals surface area contributed by atoms with Gasteiger partial charge in [-0.2, -0.15) is 0 Å².